The highest BCUT2D eigenvalue weighted by Gasteiger charge is 2.53. The van der Waals surface area contributed by atoms with E-state index < -0.39 is 5.54 Å². The van der Waals surface area contributed by atoms with E-state index in [4.69, 9.17) is 0 Å². The molecule has 1 spiro atoms. The summed E-state index contributed by atoms with van der Waals surface area (Å²) in [6, 6.07) is 6.46. The van der Waals surface area contributed by atoms with Gasteiger partial charge in [-0.05, 0) is 36.5 Å². The lowest BCUT2D eigenvalue weighted by Crippen LogP contribution is -2.52. The number of phenols is 1. The zero-order valence-electron chi connectivity index (χ0n) is 12.1. The average molecular weight is 288 g/mol. The molecule has 1 saturated carbocycles. The number of urea groups is 1. The lowest BCUT2D eigenvalue weighted by molar-refractivity contribution is -0.129. The van der Waals surface area contributed by atoms with Crippen molar-refractivity contribution in [3.05, 3.63) is 29.8 Å². The number of nitrogens with zero attached hydrogens (tertiary/aromatic N) is 1. The summed E-state index contributed by atoms with van der Waals surface area (Å²) in [6.45, 7) is 2.53. The third-order valence-corrected chi connectivity index (χ3v) is 4.66. The molecule has 1 aromatic rings. The van der Waals surface area contributed by atoms with E-state index in [0.717, 1.165) is 31.2 Å². The van der Waals surface area contributed by atoms with Gasteiger partial charge in [0.25, 0.3) is 5.91 Å². The Morgan fingerprint density at radius 3 is 2.71 bits per heavy atom. The fourth-order valence-corrected chi connectivity index (χ4v) is 3.58. The number of phenolic OH excluding ortho intramolecular Hbond substituents is 1. The van der Waals surface area contributed by atoms with Gasteiger partial charge in [-0.3, -0.25) is 10.1 Å². The van der Waals surface area contributed by atoms with Gasteiger partial charge in [0.1, 0.15) is 11.3 Å². The zero-order valence-corrected chi connectivity index (χ0v) is 12.1. The molecule has 2 fully saturated rings. The monoisotopic (exact) mass is 288 g/mol. The van der Waals surface area contributed by atoms with Crippen LogP contribution in [0.15, 0.2) is 24.3 Å². The normalized spacial score (nSPS) is 29.0. The van der Waals surface area contributed by atoms with Crippen LogP contribution in [0.1, 0.15) is 38.2 Å². The van der Waals surface area contributed by atoms with Crippen LogP contribution in [0.2, 0.25) is 0 Å². The van der Waals surface area contributed by atoms with Crippen molar-refractivity contribution in [3.8, 4) is 5.75 Å². The molecule has 1 aliphatic carbocycles. The summed E-state index contributed by atoms with van der Waals surface area (Å²) in [6.07, 6.45) is 3.53. The second kappa shape index (κ2) is 5.06. The van der Waals surface area contributed by atoms with E-state index in [2.05, 4.69) is 12.2 Å². The first-order valence-corrected chi connectivity index (χ1v) is 7.42. The Kier molecular flexibility index (Phi) is 3.35. The Morgan fingerprint density at radius 2 is 2.05 bits per heavy atom. The van der Waals surface area contributed by atoms with Gasteiger partial charge in [-0.15, -0.1) is 0 Å². The Labute approximate surface area is 123 Å². The molecular formula is C16H20N2O3. The molecule has 112 valence electrons. The summed E-state index contributed by atoms with van der Waals surface area (Å²) >= 11 is 0. The number of carbonyl (C=O) groups excluding carboxylic acids is 2. The highest BCUT2D eigenvalue weighted by Crippen LogP contribution is 2.40. The Morgan fingerprint density at radius 1 is 1.33 bits per heavy atom. The number of benzene rings is 1. The van der Waals surface area contributed by atoms with Crippen LogP contribution in [-0.4, -0.2) is 27.5 Å². The summed E-state index contributed by atoms with van der Waals surface area (Å²) in [5, 5.41) is 11.8. The van der Waals surface area contributed by atoms with Crippen LogP contribution >= 0.6 is 0 Å². The van der Waals surface area contributed by atoms with E-state index in [-0.39, 0.29) is 17.7 Å². The van der Waals surface area contributed by atoms with E-state index in [1.807, 2.05) is 0 Å². The zero-order chi connectivity index (χ0) is 15.0. The summed E-state index contributed by atoms with van der Waals surface area (Å²) in [7, 11) is 0. The number of nitrogens with one attached hydrogen (secondary N) is 1. The Balaban J connectivity index is 1.88. The molecule has 2 atom stereocenters. The lowest BCUT2D eigenvalue weighted by Gasteiger charge is -2.40. The third-order valence-electron chi connectivity index (χ3n) is 4.66. The maximum absolute atomic E-state index is 12.3. The van der Waals surface area contributed by atoms with Crippen LogP contribution in [0, 0.1) is 5.92 Å². The van der Waals surface area contributed by atoms with Crippen molar-refractivity contribution < 1.29 is 14.7 Å². The highest BCUT2D eigenvalue weighted by atomic mass is 16.3. The fourth-order valence-electron chi connectivity index (χ4n) is 3.58. The first-order valence-electron chi connectivity index (χ1n) is 7.42. The van der Waals surface area contributed by atoms with Crippen molar-refractivity contribution in [2.75, 3.05) is 0 Å². The van der Waals surface area contributed by atoms with Gasteiger partial charge < -0.3 is 10.0 Å². The molecule has 3 amide bonds. The van der Waals surface area contributed by atoms with Crippen LogP contribution in [0.5, 0.6) is 5.75 Å². The van der Waals surface area contributed by atoms with Crippen LogP contribution in [0.3, 0.4) is 0 Å². The molecule has 1 saturated heterocycles. The molecule has 1 heterocycles. The predicted molar refractivity (Wildman–Crippen MR) is 77.6 cm³/mol. The number of rotatable bonds is 2. The van der Waals surface area contributed by atoms with E-state index in [0.29, 0.717) is 12.5 Å². The highest BCUT2D eigenvalue weighted by molar-refractivity contribution is 6.07. The van der Waals surface area contributed by atoms with Crippen molar-refractivity contribution in [2.24, 2.45) is 5.92 Å². The molecule has 0 bridgehead atoms. The van der Waals surface area contributed by atoms with Crippen molar-refractivity contribution in [2.45, 2.75) is 44.7 Å². The van der Waals surface area contributed by atoms with Gasteiger partial charge in [0.05, 0.1) is 0 Å². The molecule has 5 nitrogen and oxygen atoms in total. The predicted octanol–water partition coefficient (Wildman–Crippen LogP) is 2.39. The number of aromatic hydroxyl groups is 1. The molecule has 2 aliphatic rings. The average Bonchev–Trinajstić information content (AvgIpc) is 2.65. The maximum atomic E-state index is 12.3. The smallest absolute Gasteiger partial charge is 0.325 e. The maximum Gasteiger partial charge on any atom is 0.325 e. The second-order valence-corrected chi connectivity index (χ2v) is 6.24. The molecule has 3 rings (SSSR count). The molecular weight excluding hydrogens is 268 g/mol. The van der Waals surface area contributed by atoms with Gasteiger partial charge in [0, 0.05) is 6.54 Å². The number of imide groups is 1. The van der Waals surface area contributed by atoms with Gasteiger partial charge in [0.2, 0.25) is 0 Å². The molecule has 1 aliphatic heterocycles. The van der Waals surface area contributed by atoms with Gasteiger partial charge in [-0.2, -0.15) is 0 Å². The number of hydrogen-bond donors (Lipinski definition) is 2. The molecule has 1 aromatic carbocycles. The van der Waals surface area contributed by atoms with Gasteiger partial charge in [-0.1, -0.05) is 31.9 Å². The van der Waals surface area contributed by atoms with Crippen LogP contribution in [0.4, 0.5) is 4.79 Å². The van der Waals surface area contributed by atoms with Crippen molar-refractivity contribution in [1.29, 1.82) is 0 Å². The second-order valence-electron chi connectivity index (χ2n) is 6.24. The number of hydrogen-bond acceptors (Lipinski definition) is 3. The minimum Gasteiger partial charge on any atom is -0.508 e. The van der Waals surface area contributed by atoms with E-state index >= 15 is 0 Å². The first-order chi connectivity index (χ1) is 10.0. The summed E-state index contributed by atoms with van der Waals surface area (Å²) < 4.78 is 0. The van der Waals surface area contributed by atoms with Crippen molar-refractivity contribution >= 4 is 11.9 Å². The van der Waals surface area contributed by atoms with Gasteiger partial charge in [-0.25, -0.2) is 4.79 Å². The molecule has 0 radical (unpaired) electrons. The lowest BCUT2D eigenvalue weighted by atomic mass is 9.75. The van der Waals surface area contributed by atoms with Gasteiger partial charge in [0.15, 0.2) is 0 Å². The molecule has 5 heteroatoms. The van der Waals surface area contributed by atoms with Crippen molar-refractivity contribution in [1.82, 2.24) is 10.2 Å². The quantitative estimate of drug-likeness (QED) is 0.821. The SMILES string of the molecule is CC1CCCC2(C1)C(=O)NC(=O)N2Cc1ccc(O)cc1. The van der Waals surface area contributed by atoms with E-state index in [9.17, 15) is 14.7 Å². The molecule has 2 N–H and O–H groups in total. The molecule has 21 heavy (non-hydrogen) atoms. The standard InChI is InChI=1S/C16H20N2O3/c1-11-3-2-8-16(9-11)14(20)17-15(21)18(16)10-12-4-6-13(19)7-5-12/h4-7,11,19H,2-3,8-10H2,1H3,(H,17,20,21). The van der Waals surface area contributed by atoms with E-state index in [1.54, 1.807) is 29.2 Å². The molecule has 2 unspecified atom stereocenters. The van der Waals surface area contributed by atoms with E-state index in [1.165, 1.54) is 0 Å². The Hall–Kier alpha value is -2.04. The minimum absolute atomic E-state index is 0.155. The topological polar surface area (TPSA) is 69.6 Å². The molecule has 0 aromatic heterocycles. The summed E-state index contributed by atoms with van der Waals surface area (Å²) in [5.41, 5.74) is 0.224. The number of amides is 3. The van der Waals surface area contributed by atoms with Crippen LogP contribution < -0.4 is 5.32 Å². The number of carbonyl (C=O) groups is 2. The van der Waals surface area contributed by atoms with Gasteiger partial charge >= 0.3 is 6.03 Å². The van der Waals surface area contributed by atoms with Crippen molar-refractivity contribution in [3.63, 3.8) is 0 Å². The first kappa shape index (κ1) is 13.9. The third kappa shape index (κ3) is 2.37. The Bertz CT molecular complexity index is 569. The largest absolute Gasteiger partial charge is 0.508 e. The van der Waals surface area contributed by atoms with Crippen LogP contribution in [0.25, 0.3) is 0 Å². The fraction of sp³-hybridized carbons (Fsp3) is 0.500. The summed E-state index contributed by atoms with van der Waals surface area (Å²) in [5.74, 6) is 0.484. The minimum atomic E-state index is -0.688. The van der Waals surface area contributed by atoms with Crippen LogP contribution in [-0.2, 0) is 11.3 Å². The summed E-state index contributed by atoms with van der Waals surface area (Å²) in [4.78, 5) is 26.2.